The van der Waals surface area contributed by atoms with Crippen LogP contribution in [0.15, 0.2) is 30.5 Å². The van der Waals surface area contributed by atoms with Gasteiger partial charge in [0.1, 0.15) is 11.8 Å². The van der Waals surface area contributed by atoms with Gasteiger partial charge in [-0.15, -0.1) is 0 Å². The number of pyridine rings is 1. The third-order valence-corrected chi connectivity index (χ3v) is 5.93. The highest BCUT2D eigenvalue weighted by atomic mass is 19.4. The van der Waals surface area contributed by atoms with Crippen molar-refractivity contribution in [3.63, 3.8) is 0 Å². The molecule has 2 aromatic rings. The number of hydroxylamine groups is 1. The average molecular weight is 489 g/mol. The first kappa shape index (κ1) is 25.3. The van der Waals surface area contributed by atoms with E-state index in [2.05, 4.69) is 10.3 Å². The van der Waals surface area contributed by atoms with Crippen LogP contribution in [-0.4, -0.2) is 47.0 Å². The van der Waals surface area contributed by atoms with Crippen molar-refractivity contribution < 1.29 is 46.2 Å². The maximum absolute atomic E-state index is 14.4. The zero-order valence-corrected chi connectivity index (χ0v) is 18.0. The Labute approximate surface area is 190 Å². The zero-order valence-electron chi connectivity index (χ0n) is 18.0. The fourth-order valence-electron chi connectivity index (χ4n) is 3.94. The molecule has 0 aliphatic carbocycles. The van der Waals surface area contributed by atoms with E-state index in [1.165, 1.54) is 18.5 Å². The molecule has 34 heavy (non-hydrogen) atoms. The molecule has 1 fully saturated rings. The van der Waals surface area contributed by atoms with Crippen LogP contribution in [0.5, 0.6) is 5.75 Å². The summed E-state index contributed by atoms with van der Waals surface area (Å²) in [7, 11) is 1.02. The normalized spacial score (nSPS) is 24.6. The molecule has 2 heterocycles. The number of carbonyl (C=O) groups excluding carboxylic acids is 2. The molecule has 0 spiro atoms. The fourth-order valence-corrected chi connectivity index (χ4v) is 3.94. The molecule has 2 amide bonds. The summed E-state index contributed by atoms with van der Waals surface area (Å²) in [5.41, 5.74) is -1.96. The Balaban J connectivity index is 2.06. The van der Waals surface area contributed by atoms with Crippen LogP contribution in [0.4, 0.5) is 27.6 Å². The summed E-state index contributed by atoms with van der Waals surface area (Å²) in [6.45, 7) is 1.95. The number of nitrogens with zero attached hydrogens (tertiary/aromatic N) is 1. The van der Waals surface area contributed by atoms with E-state index in [0.29, 0.717) is 0 Å². The number of halogens is 5. The molecule has 184 valence electrons. The van der Waals surface area contributed by atoms with E-state index in [1.807, 2.05) is 0 Å². The Hall–Kier alpha value is -3.32. The molecule has 0 bridgehead atoms. The third kappa shape index (κ3) is 4.28. The summed E-state index contributed by atoms with van der Waals surface area (Å²) < 4.78 is 80.1. The number of hydrogen-bond acceptors (Lipinski definition) is 6. The Bertz CT molecular complexity index is 1110. The Morgan fingerprint density at radius 1 is 1.24 bits per heavy atom. The summed E-state index contributed by atoms with van der Waals surface area (Å²) >= 11 is 0. The van der Waals surface area contributed by atoms with Gasteiger partial charge in [-0.25, -0.2) is 9.87 Å². The van der Waals surface area contributed by atoms with E-state index in [9.17, 15) is 31.5 Å². The number of methoxy groups -OCH3 is 1. The molecule has 1 aromatic heterocycles. The van der Waals surface area contributed by atoms with Gasteiger partial charge in [0.15, 0.2) is 17.2 Å². The molecule has 1 aliphatic rings. The van der Waals surface area contributed by atoms with Crippen molar-refractivity contribution in [1.29, 1.82) is 0 Å². The molecule has 3 N–H and O–H groups in total. The molecule has 8 nitrogen and oxygen atoms in total. The number of rotatable bonds is 5. The second-order valence-electron chi connectivity index (χ2n) is 7.80. The van der Waals surface area contributed by atoms with Crippen LogP contribution in [0.3, 0.4) is 0 Å². The lowest BCUT2D eigenvalue weighted by atomic mass is 9.77. The molecular weight excluding hydrogens is 469 g/mol. The van der Waals surface area contributed by atoms with Crippen molar-refractivity contribution in [3.8, 4) is 5.75 Å². The topological polar surface area (TPSA) is 110 Å². The molecule has 1 aliphatic heterocycles. The molecule has 13 heteroatoms. The number of ether oxygens (including phenoxy) is 2. The van der Waals surface area contributed by atoms with Crippen molar-refractivity contribution in [2.45, 2.75) is 37.6 Å². The minimum atomic E-state index is -4.91. The smallest absolute Gasteiger partial charge is 0.417 e. The van der Waals surface area contributed by atoms with E-state index in [1.54, 1.807) is 0 Å². The lowest BCUT2D eigenvalue weighted by Crippen LogP contribution is -2.47. The Morgan fingerprint density at radius 3 is 2.50 bits per heavy atom. The maximum atomic E-state index is 14.4. The molecule has 3 rings (SSSR count). The van der Waals surface area contributed by atoms with Gasteiger partial charge >= 0.3 is 6.18 Å². The minimum absolute atomic E-state index is 0.0357. The van der Waals surface area contributed by atoms with Gasteiger partial charge in [-0.1, -0.05) is 13.0 Å². The van der Waals surface area contributed by atoms with Crippen molar-refractivity contribution in [3.05, 3.63) is 53.4 Å². The fraction of sp³-hybridized carbons (Fsp3) is 0.381. The largest absolute Gasteiger partial charge is 0.493 e. The van der Waals surface area contributed by atoms with Crippen LogP contribution in [0.25, 0.3) is 0 Å². The summed E-state index contributed by atoms with van der Waals surface area (Å²) in [6.07, 6.45) is -5.59. The van der Waals surface area contributed by atoms with Gasteiger partial charge in [0.05, 0.1) is 7.11 Å². The first-order chi connectivity index (χ1) is 15.9. The second kappa shape index (κ2) is 9.14. The highest BCUT2D eigenvalue weighted by Gasteiger charge is 2.65. The first-order valence-corrected chi connectivity index (χ1v) is 9.83. The van der Waals surface area contributed by atoms with E-state index in [0.717, 1.165) is 38.4 Å². The van der Waals surface area contributed by atoms with Gasteiger partial charge in [-0.2, -0.15) is 17.6 Å². The lowest BCUT2D eigenvalue weighted by molar-refractivity contribution is -0.272. The third-order valence-electron chi connectivity index (χ3n) is 5.93. The summed E-state index contributed by atoms with van der Waals surface area (Å²) in [5.74, 6) is -8.18. The van der Waals surface area contributed by atoms with Crippen molar-refractivity contribution in [1.82, 2.24) is 10.5 Å². The Kier molecular flexibility index (Phi) is 6.80. The Morgan fingerprint density at radius 2 is 1.91 bits per heavy atom. The number of nitrogens with one attached hydrogen (secondary N) is 2. The monoisotopic (exact) mass is 489 g/mol. The van der Waals surface area contributed by atoms with Gasteiger partial charge in [0.25, 0.3) is 11.8 Å². The van der Waals surface area contributed by atoms with Crippen LogP contribution in [0.1, 0.15) is 35.8 Å². The highest BCUT2D eigenvalue weighted by Crippen LogP contribution is 2.55. The molecule has 1 saturated heterocycles. The number of aromatic nitrogens is 1. The number of anilines is 1. The van der Waals surface area contributed by atoms with Crippen molar-refractivity contribution in [2.24, 2.45) is 5.92 Å². The molecule has 0 radical (unpaired) electrons. The second-order valence-corrected chi connectivity index (χ2v) is 7.80. The molecule has 0 unspecified atom stereocenters. The van der Waals surface area contributed by atoms with Crippen LogP contribution in [0.2, 0.25) is 0 Å². The van der Waals surface area contributed by atoms with Gasteiger partial charge in [-0.05, 0) is 25.1 Å². The standard InChI is InChI=1S/C21H20F5N3O5/c1-9-14(11-4-5-12(22)15(23)16(11)33-3)17(34-20(9,2)21(24,25)26)19(31)28-10-6-7-27-13(8-10)18(30)29-32/h4-9,14,17,32H,1-3H3,(H,29,30)(H,27,28,31)/t9-,14-,17+,20+/m0/s1. The van der Waals surface area contributed by atoms with Gasteiger partial charge in [-0.3, -0.25) is 19.8 Å². The van der Waals surface area contributed by atoms with E-state index < -0.39 is 58.9 Å². The summed E-state index contributed by atoms with van der Waals surface area (Å²) in [4.78, 5) is 28.3. The molecule has 1 aromatic carbocycles. The predicted octanol–water partition coefficient (Wildman–Crippen LogP) is 3.57. The van der Waals surface area contributed by atoms with E-state index >= 15 is 0 Å². The van der Waals surface area contributed by atoms with Crippen LogP contribution < -0.4 is 15.5 Å². The van der Waals surface area contributed by atoms with E-state index in [-0.39, 0.29) is 16.9 Å². The summed E-state index contributed by atoms with van der Waals surface area (Å²) in [6, 6.07) is 4.08. The number of benzene rings is 1. The van der Waals surface area contributed by atoms with Crippen molar-refractivity contribution >= 4 is 17.5 Å². The number of hydrogen-bond donors (Lipinski definition) is 3. The van der Waals surface area contributed by atoms with Gasteiger partial charge < -0.3 is 14.8 Å². The molecule has 4 atom stereocenters. The molecular formula is C21H20F5N3O5. The summed E-state index contributed by atoms with van der Waals surface area (Å²) in [5, 5.41) is 11.1. The quantitative estimate of drug-likeness (QED) is 0.337. The number of amides is 2. The predicted molar refractivity (Wildman–Crippen MR) is 106 cm³/mol. The zero-order chi connectivity index (χ0) is 25.4. The van der Waals surface area contributed by atoms with Crippen LogP contribution in [0, 0.1) is 17.6 Å². The van der Waals surface area contributed by atoms with Crippen molar-refractivity contribution in [2.75, 3.05) is 12.4 Å². The van der Waals surface area contributed by atoms with Crippen LogP contribution >= 0.6 is 0 Å². The number of carbonyl (C=O) groups is 2. The van der Waals surface area contributed by atoms with Crippen LogP contribution in [-0.2, 0) is 9.53 Å². The lowest BCUT2D eigenvalue weighted by Gasteiger charge is -2.32. The van der Waals surface area contributed by atoms with Gasteiger partial charge in [0, 0.05) is 29.3 Å². The van der Waals surface area contributed by atoms with Gasteiger partial charge in [0.2, 0.25) is 5.82 Å². The SMILES string of the molecule is COc1c([C@H]2[C@H](C(=O)Nc3ccnc(C(=O)NO)c3)O[C@@](C)(C(F)(F)F)[C@H]2C)ccc(F)c1F. The minimum Gasteiger partial charge on any atom is -0.493 e. The average Bonchev–Trinajstić information content (AvgIpc) is 3.07. The highest BCUT2D eigenvalue weighted by molar-refractivity contribution is 5.97. The maximum Gasteiger partial charge on any atom is 0.417 e. The number of alkyl halides is 3. The van der Waals surface area contributed by atoms with E-state index in [4.69, 9.17) is 14.7 Å². The molecule has 0 saturated carbocycles. The first-order valence-electron chi connectivity index (χ1n) is 9.83.